The highest BCUT2D eigenvalue weighted by atomic mass is 16.5. The summed E-state index contributed by atoms with van der Waals surface area (Å²) in [5, 5.41) is 10.6. The first kappa shape index (κ1) is 13.4. The highest BCUT2D eigenvalue weighted by Crippen LogP contribution is 1.91. The van der Waals surface area contributed by atoms with Crippen molar-refractivity contribution in [3.8, 4) is 0 Å². The van der Waals surface area contributed by atoms with Gasteiger partial charge >= 0.3 is 5.97 Å². The van der Waals surface area contributed by atoms with Crippen LogP contribution in [0.2, 0.25) is 0 Å². The zero-order valence-corrected chi connectivity index (χ0v) is 8.36. The molecule has 0 bridgehead atoms. The monoisotopic (exact) mass is 218 g/mol. The molecule has 0 fully saturated rings. The van der Waals surface area contributed by atoms with Crippen LogP contribution in [0.5, 0.6) is 0 Å². The topological polar surface area (TPSA) is 119 Å². The summed E-state index contributed by atoms with van der Waals surface area (Å²) >= 11 is 0. The van der Waals surface area contributed by atoms with Crippen molar-refractivity contribution in [3.05, 3.63) is 0 Å². The van der Waals surface area contributed by atoms with Crippen LogP contribution in [0.15, 0.2) is 0 Å². The van der Waals surface area contributed by atoms with E-state index in [2.05, 4.69) is 5.32 Å². The number of carboxylic acids is 1. The average molecular weight is 218 g/mol. The molecule has 0 aromatic carbocycles. The van der Waals surface area contributed by atoms with Gasteiger partial charge < -0.3 is 20.9 Å². The standard InChI is InChI=1S/C8H14N2O5/c1-2-15-4-6(11)10-5(8(9)14)3-7(12)13/h5H,2-4H2,1H3,(H2,9,14)(H,10,11)(H,12,13)/t5-/m0/s1. The zero-order valence-electron chi connectivity index (χ0n) is 8.36. The molecule has 1 atom stereocenters. The molecule has 0 aliphatic heterocycles. The van der Waals surface area contributed by atoms with Gasteiger partial charge in [0.2, 0.25) is 11.8 Å². The molecule has 0 aliphatic rings. The van der Waals surface area contributed by atoms with Gasteiger partial charge in [-0.25, -0.2) is 0 Å². The molecule has 0 aromatic rings. The lowest BCUT2D eigenvalue weighted by atomic mass is 10.2. The van der Waals surface area contributed by atoms with E-state index in [0.29, 0.717) is 6.61 Å². The highest BCUT2D eigenvalue weighted by molar-refractivity contribution is 5.89. The molecule has 0 spiro atoms. The number of hydrogen-bond acceptors (Lipinski definition) is 4. The second-order valence-electron chi connectivity index (χ2n) is 2.76. The van der Waals surface area contributed by atoms with E-state index in [1.54, 1.807) is 6.92 Å². The van der Waals surface area contributed by atoms with Gasteiger partial charge in [0.25, 0.3) is 0 Å². The Hall–Kier alpha value is -1.63. The zero-order chi connectivity index (χ0) is 11.8. The van der Waals surface area contributed by atoms with Crippen molar-refractivity contribution in [1.82, 2.24) is 5.32 Å². The summed E-state index contributed by atoms with van der Waals surface area (Å²) in [5.74, 6) is -2.67. The average Bonchev–Trinajstić information content (AvgIpc) is 2.12. The van der Waals surface area contributed by atoms with Crippen molar-refractivity contribution in [3.63, 3.8) is 0 Å². The maximum atomic E-state index is 11.1. The number of aliphatic carboxylic acids is 1. The van der Waals surface area contributed by atoms with E-state index in [0.717, 1.165) is 0 Å². The summed E-state index contributed by atoms with van der Waals surface area (Å²) in [6.45, 7) is 1.84. The number of primary amides is 1. The van der Waals surface area contributed by atoms with Gasteiger partial charge in [0.15, 0.2) is 0 Å². The summed E-state index contributed by atoms with van der Waals surface area (Å²) in [6, 6.07) is -1.20. The lowest BCUT2D eigenvalue weighted by Gasteiger charge is -2.12. The molecule has 0 rings (SSSR count). The largest absolute Gasteiger partial charge is 0.481 e. The van der Waals surface area contributed by atoms with Crippen LogP contribution in [0.25, 0.3) is 0 Å². The Morgan fingerprint density at radius 2 is 2.07 bits per heavy atom. The van der Waals surface area contributed by atoms with E-state index < -0.39 is 30.2 Å². The van der Waals surface area contributed by atoms with Crippen molar-refractivity contribution < 1.29 is 24.2 Å². The smallest absolute Gasteiger partial charge is 0.305 e. The lowest BCUT2D eigenvalue weighted by molar-refractivity contribution is -0.140. The van der Waals surface area contributed by atoms with E-state index in [9.17, 15) is 14.4 Å². The van der Waals surface area contributed by atoms with E-state index in [1.165, 1.54) is 0 Å². The van der Waals surface area contributed by atoms with Gasteiger partial charge in [-0.05, 0) is 6.92 Å². The summed E-state index contributed by atoms with van der Waals surface area (Å²) in [6.07, 6.45) is -0.535. The van der Waals surface area contributed by atoms with Crippen LogP contribution >= 0.6 is 0 Å². The first-order chi connectivity index (χ1) is 6.97. The number of carboxylic acid groups (broad SMARTS) is 1. The van der Waals surface area contributed by atoms with Crippen molar-refractivity contribution >= 4 is 17.8 Å². The number of amides is 2. The molecule has 7 nitrogen and oxygen atoms in total. The Kier molecular flexibility index (Phi) is 6.03. The van der Waals surface area contributed by atoms with Gasteiger partial charge in [-0.3, -0.25) is 14.4 Å². The second-order valence-corrected chi connectivity index (χ2v) is 2.76. The minimum absolute atomic E-state index is 0.222. The molecular weight excluding hydrogens is 204 g/mol. The number of rotatable bonds is 7. The maximum Gasteiger partial charge on any atom is 0.305 e. The molecule has 2 amide bonds. The summed E-state index contributed by atoms with van der Waals surface area (Å²) < 4.78 is 4.77. The van der Waals surface area contributed by atoms with Crippen molar-refractivity contribution in [2.45, 2.75) is 19.4 Å². The minimum Gasteiger partial charge on any atom is -0.481 e. The Labute approximate surface area is 86.6 Å². The third-order valence-corrected chi connectivity index (χ3v) is 1.49. The van der Waals surface area contributed by atoms with Crippen LogP contribution in [-0.2, 0) is 19.1 Å². The van der Waals surface area contributed by atoms with E-state index >= 15 is 0 Å². The Balaban J connectivity index is 4.10. The Bertz CT molecular complexity index is 253. The van der Waals surface area contributed by atoms with E-state index in [1.807, 2.05) is 0 Å². The lowest BCUT2D eigenvalue weighted by Crippen LogP contribution is -2.46. The van der Waals surface area contributed by atoms with E-state index in [-0.39, 0.29) is 6.61 Å². The van der Waals surface area contributed by atoms with Crippen LogP contribution < -0.4 is 11.1 Å². The molecule has 7 heteroatoms. The van der Waals surface area contributed by atoms with E-state index in [4.69, 9.17) is 15.6 Å². The molecule has 86 valence electrons. The van der Waals surface area contributed by atoms with Crippen LogP contribution in [-0.4, -0.2) is 42.1 Å². The molecule has 0 saturated heterocycles. The quantitative estimate of drug-likeness (QED) is 0.479. The van der Waals surface area contributed by atoms with Crippen LogP contribution in [0, 0.1) is 0 Å². The number of carbonyl (C=O) groups is 3. The minimum atomic E-state index is -1.21. The fourth-order valence-corrected chi connectivity index (χ4v) is 0.828. The maximum absolute atomic E-state index is 11.1. The fourth-order valence-electron chi connectivity index (χ4n) is 0.828. The molecule has 0 aliphatic carbocycles. The first-order valence-corrected chi connectivity index (χ1v) is 4.35. The third kappa shape index (κ3) is 6.44. The number of nitrogens with one attached hydrogen (secondary N) is 1. The van der Waals surface area contributed by atoms with Crippen molar-refractivity contribution in [2.75, 3.05) is 13.2 Å². The molecular formula is C8H14N2O5. The van der Waals surface area contributed by atoms with Crippen LogP contribution in [0.3, 0.4) is 0 Å². The van der Waals surface area contributed by atoms with Crippen LogP contribution in [0.4, 0.5) is 0 Å². The first-order valence-electron chi connectivity index (χ1n) is 4.35. The SMILES string of the molecule is CCOCC(=O)N[C@@H](CC(=O)O)C(N)=O. The number of ether oxygens (including phenoxy) is 1. The predicted octanol–water partition coefficient (Wildman–Crippen LogP) is -1.53. The van der Waals surface area contributed by atoms with Crippen molar-refractivity contribution in [1.29, 1.82) is 0 Å². The van der Waals surface area contributed by atoms with Gasteiger partial charge in [0, 0.05) is 6.61 Å². The van der Waals surface area contributed by atoms with Gasteiger partial charge in [-0.2, -0.15) is 0 Å². The Morgan fingerprint density at radius 3 is 2.47 bits per heavy atom. The van der Waals surface area contributed by atoms with Gasteiger partial charge in [-0.15, -0.1) is 0 Å². The molecule has 0 saturated carbocycles. The molecule has 0 unspecified atom stereocenters. The fraction of sp³-hybridized carbons (Fsp3) is 0.625. The number of hydrogen-bond donors (Lipinski definition) is 3. The Morgan fingerprint density at radius 1 is 1.47 bits per heavy atom. The summed E-state index contributed by atoms with van der Waals surface area (Å²) in [5.41, 5.74) is 4.90. The number of nitrogens with two attached hydrogens (primary N) is 1. The molecule has 4 N–H and O–H groups in total. The third-order valence-electron chi connectivity index (χ3n) is 1.49. The normalized spacial score (nSPS) is 11.8. The predicted molar refractivity (Wildman–Crippen MR) is 49.9 cm³/mol. The number of carbonyl (C=O) groups excluding carboxylic acids is 2. The van der Waals surface area contributed by atoms with Crippen LogP contribution in [0.1, 0.15) is 13.3 Å². The highest BCUT2D eigenvalue weighted by Gasteiger charge is 2.20. The molecule has 0 heterocycles. The van der Waals surface area contributed by atoms with Crippen molar-refractivity contribution in [2.24, 2.45) is 5.73 Å². The molecule has 0 aromatic heterocycles. The second kappa shape index (κ2) is 6.77. The molecule has 0 radical (unpaired) electrons. The van der Waals surface area contributed by atoms with Gasteiger partial charge in [0.05, 0.1) is 6.42 Å². The summed E-state index contributed by atoms with van der Waals surface area (Å²) in [7, 11) is 0. The van der Waals surface area contributed by atoms with Gasteiger partial charge in [-0.1, -0.05) is 0 Å². The molecule has 15 heavy (non-hydrogen) atoms. The van der Waals surface area contributed by atoms with Gasteiger partial charge in [0.1, 0.15) is 12.6 Å². The summed E-state index contributed by atoms with van der Waals surface area (Å²) in [4.78, 5) is 32.1.